The third-order valence-electron chi connectivity index (χ3n) is 3.08. The summed E-state index contributed by atoms with van der Waals surface area (Å²) in [4.78, 5) is 20.6. The van der Waals surface area contributed by atoms with Crippen molar-refractivity contribution >= 4 is 38.3 Å². The van der Waals surface area contributed by atoms with Gasteiger partial charge in [-0.1, -0.05) is 0 Å². The number of carbonyl (C=O) groups is 1. The fourth-order valence-electron chi connectivity index (χ4n) is 1.93. The largest absolute Gasteiger partial charge is 0.497 e. The van der Waals surface area contributed by atoms with Crippen LogP contribution in [0.1, 0.15) is 10.4 Å². The molecule has 0 saturated carbocycles. The molecule has 0 spiro atoms. The van der Waals surface area contributed by atoms with E-state index >= 15 is 0 Å². The van der Waals surface area contributed by atoms with Crippen molar-refractivity contribution in [2.75, 3.05) is 12.4 Å². The van der Waals surface area contributed by atoms with E-state index in [4.69, 9.17) is 4.74 Å². The van der Waals surface area contributed by atoms with E-state index in [1.807, 2.05) is 29.6 Å². The Balaban J connectivity index is 1.75. The number of hydrogen-bond acceptors (Lipinski definition) is 5. The van der Waals surface area contributed by atoms with Crippen molar-refractivity contribution in [2.45, 2.75) is 0 Å². The maximum absolute atomic E-state index is 12.2. The highest BCUT2D eigenvalue weighted by molar-refractivity contribution is 9.10. The number of pyridine rings is 1. The molecule has 0 aliphatic carbocycles. The van der Waals surface area contributed by atoms with Crippen molar-refractivity contribution < 1.29 is 9.53 Å². The second-order valence-electron chi connectivity index (χ2n) is 4.61. The molecule has 0 aliphatic rings. The Bertz CT molecular complexity index is 833. The molecule has 0 fully saturated rings. The van der Waals surface area contributed by atoms with Crippen molar-refractivity contribution in [3.05, 3.63) is 58.1 Å². The van der Waals surface area contributed by atoms with Crippen molar-refractivity contribution in [1.82, 2.24) is 9.97 Å². The van der Waals surface area contributed by atoms with Crippen LogP contribution >= 0.6 is 27.3 Å². The summed E-state index contributed by atoms with van der Waals surface area (Å²) in [5, 5.41) is 5.22. The van der Waals surface area contributed by atoms with Gasteiger partial charge in [0, 0.05) is 27.8 Å². The average molecular weight is 390 g/mol. The highest BCUT2D eigenvalue weighted by atomic mass is 79.9. The Morgan fingerprint density at radius 3 is 2.74 bits per heavy atom. The molecule has 1 N–H and O–H groups in total. The number of nitrogens with one attached hydrogen (secondary N) is 1. The number of methoxy groups -OCH3 is 1. The van der Waals surface area contributed by atoms with E-state index < -0.39 is 0 Å². The molecular formula is C16H12BrN3O2S. The topological polar surface area (TPSA) is 64.1 Å². The first-order chi connectivity index (χ1) is 11.2. The first-order valence-corrected chi connectivity index (χ1v) is 8.35. The monoisotopic (exact) mass is 389 g/mol. The predicted molar refractivity (Wildman–Crippen MR) is 94.0 cm³/mol. The summed E-state index contributed by atoms with van der Waals surface area (Å²) in [6.07, 6.45) is 3.14. The molecule has 1 amide bonds. The van der Waals surface area contributed by atoms with Gasteiger partial charge in [-0.2, -0.15) is 0 Å². The van der Waals surface area contributed by atoms with E-state index in [2.05, 4.69) is 31.2 Å². The summed E-state index contributed by atoms with van der Waals surface area (Å²) in [7, 11) is 1.63. The quantitative estimate of drug-likeness (QED) is 0.724. The molecule has 0 atom stereocenters. The molecule has 5 nitrogen and oxygen atoms in total. The highest BCUT2D eigenvalue weighted by Gasteiger charge is 2.11. The zero-order chi connectivity index (χ0) is 16.2. The second-order valence-corrected chi connectivity index (χ2v) is 6.39. The maximum Gasteiger partial charge on any atom is 0.259 e. The minimum absolute atomic E-state index is 0.241. The first-order valence-electron chi connectivity index (χ1n) is 6.67. The number of halogens is 1. The summed E-state index contributed by atoms with van der Waals surface area (Å²) < 4.78 is 5.89. The van der Waals surface area contributed by atoms with Crippen LogP contribution in [0, 0.1) is 0 Å². The van der Waals surface area contributed by atoms with Crippen LogP contribution in [0.5, 0.6) is 5.75 Å². The predicted octanol–water partition coefficient (Wildman–Crippen LogP) is 4.23. The standard InChI is InChI=1S/C16H12BrN3O2S/c1-22-13-4-2-10(3-5-13)14-9-23-16(19-14)20-15(21)11-6-12(17)8-18-7-11/h2-9H,1H3,(H,19,20,21). The number of rotatable bonds is 4. The molecule has 3 rings (SSSR count). The Labute approximate surface area is 145 Å². The fourth-order valence-corrected chi connectivity index (χ4v) is 3.01. The lowest BCUT2D eigenvalue weighted by Crippen LogP contribution is -2.11. The maximum atomic E-state index is 12.2. The summed E-state index contributed by atoms with van der Waals surface area (Å²) in [6, 6.07) is 9.32. The van der Waals surface area contributed by atoms with Gasteiger partial charge in [-0.15, -0.1) is 11.3 Å². The highest BCUT2D eigenvalue weighted by Crippen LogP contribution is 2.26. The van der Waals surface area contributed by atoms with Gasteiger partial charge in [-0.3, -0.25) is 15.1 Å². The van der Waals surface area contributed by atoms with Gasteiger partial charge < -0.3 is 4.74 Å². The van der Waals surface area contributed by atoms with Crippen molar-refractivity contribution in [1.29, 1.82) is 0 Å². The SMILES string of the molecule is COc1ccc(-c2csc(NC(=O)c3cncc(Br)c3)n2)cc1. The molecule has 23 heavy (non-hydrogen) atoms. The molecule has 2 heterocycles. The van der Waals surface area contributed by atoms with E-state index in [1.165, 1.54) is 17.5 Å². The lowest BCUT2D eigenvalue weighted by molar-refractivity contribution is 0.102. The molecule has 0 unspecified atom stereocenters. The zero-order valence-corrected chi connectivity index (χ0v) is 14.5. The second kappa shape index (κ2) is 6.89. The lowest BCUT2D eigenvalue weighted by atomic mass is 10.2. The molecule has 116 valence electrons. The Morgan fingerprint density at radius 1 is 1.26 bits per heavy atom. The summed E-state index contributed by atoms with van der Waals surface area (Å²) in [5.41, 5.74) is 2.24. The van der Waals surface area contributed by atoms with E-state index in [0.29, 0.717) is 10.7 Å². The number of anilines is 1. The summed E-state index contributed by atoms with van der Waals surface area (Å²) in [6.45, 7) is 0. The van der Waals surface area contributed by atoms with Gasteiger partial charge in [0.1, 0.15) is 5.75 Å². The number of carbonyl (C=O) groups excluding carboxylic acids is 1. The van der Waals surface area contributed by atoms with Crippen LogP contribution in [0.3, 0.4) is 0 Å². The van der Waals surface area contributed by atoms with Gasteiger partial charge in [0.25, 0.3) is 5.91 Å². The molecule has 1 aromatic carbocycles. The van der Waals surface area contributed by atoms with Crippen LogP contribution in [0.15, 0.2) is 52.6 Å². The van der Waals surface area contributed by atoms with E-state index in [-0.39, 0.29) is 5.91 Å². The van der Waals surface area contributed by atoms with Gasteiger partial charge >= 0.3 is 0 Å². The average Bonchev–Trinajstić information content (AvgIpc) is 3.03. The number of benzene rings is 1. The smallest absolute Gasteiger partial charge is 0.259 e. The normalized spacial score (nSPS) is 10.3. The zero-order valence-electron chi connectivity index (χ0n) is 12.1. The first kappa shape index (κ1) is 15.6. The molecule has 0 saturated heterocycles. The summed E-state index contributed by atoms with van der Waals surface area (Å²) >= 11 is 4.67. The third-order valence-corrected chi connectivity index (χ3v) is 4.27. The molecule has 0 radical (unpaired) electrons. The van der Waals surface area contributed by atoms with Crippen LogP contribution in [0.25, 0.3) is 11.3 Å². The van der Waals surface area contributed by atoms with Crippen LogP contribution in [-0.2, 0) is 0 Å². The van der Waals surface area contributed by atoms with E-state index in [1.54, 1.807) is 19.4 Å². The molecule has 3 aromatic rings. The lowest BCUT2D eigenvalue weighted by Gasteiger charge is -2.02. The van der Waals surface area contributed by atoms with Crippen LogP contribution in [0.2, 0.25) is 0 Å². The minimum atomic E-state index is -0.241. The van der Waals surface area contributed by atoms with Gasteiger partial charge in [0.15, 0.2) is 5.13 Å². The van der Waals surface area contributed by atoms with Gasteiger partial charge in [-0.25, -0.2) is 4.98 Å². The van der Waals surface area contributed by atoms with Crippen molar-refractivity contribution in [3.8, 4) is 17.0 Å². The van der Waals surface area contributed by atoms with Gasteiger partial charge in [0.2, 0.25) is 0 Å². The molecule has 7 heteroatoms. The minimum Gasteiger partial charge on any atom is -0.497 e. The number of thiazole rings is 1. The van der Waals surface area contributed by atoms with Crippen LogP contribution in [-0.4, -0.2) is 23.0 Å². The van der Waals surface area contributed by atoms with E-state index in [9.17, 15) is 4.79 Å². The Kier molecular flexibility index (Phi) is 4.68. The number of hydrogen-bond donors (Lipinski definition) is 1. The fraction of sp³-hybridized carbons (Fsp3) is 0.0625. The molecule has 2 aromatic heterocycles. The third kappa shape index (κ3) is 3.75. The number of ether oxygens (including phenoxy) is 1. The van der Waals surface area contributed by atoms with Crippen LogP contribution < -0.4 is 10.1 Å². The van der Waals surface area contributed by atoms with Gasteiger partial charge in [0.05, 0.1) is 18.4 Å². The van der Waals surface area contributed by atoms with Crippen molar-refractivity contribution in [2.24, 2.45) is 0 Å². The molecule has 0 aliphatic heterocycles. The van der Waals surface area contributed by atoms with Gasteiger partial charge in [-0.05, 0) is 46.3 Å². The van der Waals surface area contributed by atoms with Crippen molar-refractivity contribution in [3.63, 3.8) is 0 Å². The van der Waals surface area contributed by atoms with E-state index in [0.717, 1.165) is 21.5 Å². The number of amides is 1. The Hall–Kier alpha value is -2.25. The number of nitrogens with zero attached hydrogens (tertiary/aromatic N) is 2. The molecular weight excluding hydrogens is 378 g/mol. The Morgan fingerprint density at radius 2 is 2.04 bits per heavy atom. The molecule has 0 bridgehead atoms. The van der Waals surface area contributed by atoms with Crippen LogP contribution in [0.4, 0.5) is 5.13 Å². The number of aromatic nitrogens is 2. The summed E-state index contributed by atoms with van der Waals surface area (Å²) in [5.74, 6) is 0.550.